The molecule has 1 atom stereocenters. The first-order valence-electron chi connectivity index (χ1n) is 8.02. The number of aromatic amines is 1. The molecule has 0 aliphatic heterocycles. The molecule has 0 aliphatic carbocycles. The number of imidazole rings is 1. The molecule has 0 spiro atoms. The monoisotopic (exact) mass is 327 g/mol. The summed E-state index contributed by atoms with van der Waals surface area (Å²) in [5, 5.41) is 16.2. The highest BCUT2D eigenvalue weighted by Gasteiger charge is 2.11. The molecule has 126 valence electrons. The normalized spacial score (nSPS) is 12.2. The molecule has 4 N–H and O–H groups in total. The molecule has 0 aliphatic rings. The fourth-order valence-corrected chi connectivity index (χ4v) is 2.37. The van der Waals surface area contributed by atoms with Crippen LogP contribution in [0, 0.1) is 0 Å². The number of hydrogen-bond donors (Lipinski definition) is 4. The van der Waals surface area contributed by atoms with Gasteiger partial charge in [-0.2, -0.15) is 9.97 Å². The molecule has 3 rings (SSSR count). The Bertz CT molecular complexity index is 774. The van der Waals surface area contributed by atoms with Gasteiger partial charge in [-0.3, -0.25) is 4.98 Å². The number of fused-ring (bicyclic) bond motifs is 1. The molecule has 8 nitrogen and oxygen atoms in total. The van der Waals surface area contributed by atoms with Gasteiger partial charge >= 0.3 is 0 Å². The van der Waals surface area contributed by atoms with Crippen LogP contribution in [0.3, 0.4) is 0 Å². The fourth-order valence-electron chi connectivity index (χ4n) is 2.37. The second kappa shape index (κ2) is 7.69. The summed E-state index contributed by atoms with van der Waals surface area (Å²) in [5.74, 6) is 1.10. The third kappa shape index (κ3) is 3.96. The zero-order valence-corrected chi connectivity index (χ0v) is 13.5. The zero-order chi connectivity index (χ0) is 16.8. The second-order valence-electron chi connectivity index (χ2n) is 5.54. The molecule has 24 heavy (non-hydrogen) atoms. The Morgan fingerprint density at radius 1 is 1.29 bits per heavy atom. The van der Waals surface area contributed by atoms with Crippen LogP contribution in [0.4, 0.5) is 11.8 Å². The third-order valence-corrected chi connectivity index (χ3v) is 3.59. The smallest absolute Gasteiger partial charge is 0.226 e. The van der Waals surface area contributed by atoms with Crippen molar-refractivity contribution >= 4 is 22.9 Å². The third-order valence-electron chi connectivity index (χ3n) is 3.59. The van der Waals surface area contributed by atoms with E-state index >= 15 is 0 Å². The van der Waals surface area contributed by atoms with E-state index in [9.17, 15) is 5.11 Å². The van der Waals surface area contributed by atoms with Crippen molar-refractivity contribution in [2.45, 2.75) is 32.4 Å². The van der Waals surface area contributed by atoms with Crippen LogP contribution in [0.5, 0.6) is 0 Å². The maximum Gasteiger partial charge on any atom is 0.226 e. The highest BCUT2D eigenvalue weighted by Crippen LogP contribution is 2.19. The molecule has 0 radical (unpaired) electrons. The van der Waals surface area contributed by atoms with Crippen LogP contribution in [0.2, 0.25) is 0 Å². The van der Waals surface area contributed by atoms with Crippen LogP contribution < -0.4 is 10.6 Å². The molecule has 0 saturated heterocycles. The molecule has 0 aromatic carbocycles. The fraction of sp³-hybridized carbons (Fsp3) is 0.375. The van der Waals surface area contributed by atoms with Crippen molar-refractivity contribution in [2.24, 2.45) is 0 Å². The number of aliphatic hydroxyl groups is 1. The predicted molar refractivity (Wildman–Crippen MR) is 92.7 cm³/mol. The summed E-state index contributed by atoms with van der Waals surface area (Å²) in [7, 11) is 0. The lowest BCUT2D eigenvalue weighted by Gasteiger charge is -2.12. The van der Waals surface area contributed by atoms with Gasteiger partial charge in [-0.1, -0.05) is 19.4 Å². The zero-order valence-electron chi connectivity index (χ0n) is 13.5. The molecular weight excluding hydrogens is 306 g/mol. The van der Waals surface area contributed by atoms with Gasteiger partial charge in [-0.25, -0.2) is 4.98 Å². The first-order chi connectivity index (χ1) is 11.8. The van der Waals surface area contributed by atoms with Crippen LogP contribution in [-0.2, 0) is 6.54 Å². The Hall–Kier alpha value is -2.74. The van der Waals surface area contributed by atoms with Crippen molar-refractivity contribution < 1.29 is 5.11 Å². The van der Waals surface area contributed by atoms with E-state index in [1.165, 1.54) is 0 Å². The minimum atomic E-state index is -0.416. The molecule has 0 bridgehead atoms. The number of rotatable bonds is 8. The molecule has 0 saturated carbocycles. The summed E-state index contributed by atoms with van der Waals surface area (Å²) in [5.41, 5.74) is 2.38. The number of aliphatic hydroxyl groups excluding tert-OH is 1. The van der Waals surface area contributed by atoms with Gasteiger partial charge in [0.05, 0.1) is 12.4 Å². The maximum atomic E-state index is 9.84. The molecule has 3 heterocycles. The summed E-state index contributed by atoms with van der Waals surface area (Å²) >= 11 is 0. The second-order valence-corrected chi connectivity index (χ2v) is 5.54. The summed E-state index contributed by atoms with van der Waals surface area (Å²) in [6.45, 7) is 3.04. The first-order valence-corrected chi connectivity index (χ1v) is 8.02. The van der Waals surface area contributed by atoms with E-state index in [1.807, 2.05) is 19.1 Å². The lowest BCUT2D eigenvalue weighted by Crippen LogP contribution is -2.20. The Balaban J connectivity index is 1.74. The maximum absolute atomic E-state index is 9.84. The first kappa shape index (κ1) is 16.1. The van der Waals surface area contributed by atoms with Crippen molar-refractivity contribution in [1.82, 2.24) is 24.9 Å². The highest BCUT2D eigenvalue weighted by molar-refractivity contribution is 5.83. The van der Waals surface area contributed by atoms with Gasteiger partial charge in [-0.15, -0.1) is 0 Å². The Morgan fingerprint density at radius 2 is 2.21 bits per heavy atom. The number of hydrogen-bond acceptors (Lipinski definition) is 7. The van der Waals surface area contributed by atoms with E-state index in [0.717, 1.165) is 23.9 Å². The number of anilines is 2. The van der Waals surface area contributed by atoms with Gasteiger partial charge in [0.2, 0.25) is 5.95 Å². The number of aromatic nitrogens is 5. The van der Waals surface area contributed by atoms with E-state index in [0.29, 0.717) is 30.5 Å². The molecule has 0 fully saturated rings. The van der Waals surface area contributed by atoms with Crippen LogP contribution >= 0.6 is 0 Å². The van der Waals surface area contributed by atoms with E-state index < -0.39 is 6.10 Å². The SMILES string of the molecule is CCCC(O)CNc1nc(NCc2cccnc2)c2[nH]cnc2n1. The van der Waals surface area contributed by atoms with Crippen molar-refractivity contribution in [1.29, 1.82) is 0 Å². The Labute approximate surface area is 139 Å². The summed E-state index contributed by atoms with van der Waals surface area (Å²) in [4.78, 5) is 20.2. The van der Waals surface area contributed by atoms with Crippen LogP contribution in [0.15, 0.2) is 30.9 Å². The van der Waals surface area contributed by atoms with E-state index in [-0.39, 0.29) is 0 Å². The highest BCUT2D eigenvalue weighted by atomic mass is 16.3. The average molecular weight is 327 g/mol. The Morgan fingerprint density at radius 3 is 3.00 bits per heavy atom. The minimum absolute atomic E-state index is 0.409. The van der Waals surface area contributed by atoms with Gasteiger partial charge in [0.1, 0.15) is 5.52 Å². The predicted octanol–water partition coefficient (Wildman–Crippen LogP) is 1.93. The minimum Gasteiger partial charge on any atom is -0.391 e. The number of pyridine rings is 1. The van der Waals surface area contributed by atoms with Crippen LogP contribution in [0.1, 0.15) is 25.3 Å². The molecule has 8 heteroatoms. The molecule has 1 unspecified atom stereocenters. The van der Waals surface area contributed by atoms with Crippen molar-refractivity contribution in [3.8, 4) is 0 Å². The number of H-pyrrole nitrogens is 1. The van der Waals surface area contributed by atoms with Gasteiger partial charge in [0, 0.05) is 25.5 Å². The van der Waals surface area contributed by atoms with Gasteiger partial charge in [0.25, 0.3) is 0 Å². The van der Waals surface area contributed by atoms with E-state index in [1.54, 1.807) is 18.7 Å². The molecule has 0 amide bonds. The summed E-state index contributed by atoms with van der Waals surface area (Å²) < 4.78 is 0. The van der Waals surface area contributed by atoms with Gasteiger partial charge in [0.15, 0.2) is 11.5 Å². The quantitative estimate of drug-likeness (QED) is 0.500. The largest absolute Gasteiger partial charge is 0.391 e. The van der Waals surface area contributed by atoms with Gasteiger partial charge < -0.3 is 20.7 Å². The molecule has 3 aromatic heterocycles. The lowest BCUT2D eigenvalue weighted by atomic mass is 10.2. The van der Waals surface area contributed by atoms with Crippen molar-refractivity contribution in [3.63, 3.8) is 0 Å². The van der Waals surface area contributed by atoms with E-state index in [4.69, 9.17) is 0 Å². The van der Waals surface area contributed by atoms with Crippen LogP contribution in [-0.4, -0.2) is 42.7 Å². The van der Waals surface area contributed by atoms with Crippen molar-refractivity contribution in [2.75, 3.05) is 17.2 Å². The topological polar surface area (TPSA) is 112 Å². The number of nitrogens with zero attached hydrogens (tertiary/aromatic N) is 4. The summed E-state index contributed by atoms with van der Waals surface area (Å²) in [6.07, 6.45) is 6.39. The standard InChI is InChI=1S/C16H21N7O/c1-2-4-12(24)9-19-16-22-14(13-15(23-16)21-10-20-13)18-8-11-5-3-6-17-7-11/h3,5-7,10,12,24H,2,4,8-9H2,1H3,(H3,18,19,20,21,22,23). The number of nitrogens with one attached hydrogen (secondary N) is 3. The van der Waals surface area contributed by atoms with E-state index in [2.05, 4.69) is 35.6 Å². The van der Waals surface area contributed by atoms with Crippen LogP contribution in [0.25, 0.3) is 11.2 Å². The Kier molecular flexibility index (Phi) is 5.17. The van der Waals surface area contributed by atoms with Crippen molar-refractivity contribution in [3.05, 3.63) is 36.4 Å². The van der Waals surface area contributed by atoms with Gasteiger partial charge in [-0.05, 0) is 18.1 Å². The lowest BCUT2D eigenvalue weighted by molar-refractivity contribution is 0.176. The molecule has 3 aromatic rings. The molecular formula is C16H21N7O. The average Bonchev–Trinajstić information content (AvgIpc) is 3.08. The summed E-state index contributed by atoms with van der Waals surface area (Å²) in [6, 6.07) is 3.89.